The largest absolute Gasteiger partial charge is 0.480 e. The van der Waals surface area contributed by atoms with Crippen LogP contribution in [-0.2, 0) is 11.3 Å². The lowest BCUT2D eigenvalue weighted by Crippen LogP contribution is -2.47. The minimum absolute atomic E-state index is 0. The van der Waals surface area contributed by atoms with E-state index >= 15 is 0 Å². The fraction of sp³-hybridized carbons (Fsp3) is 0.500. The van der Waals surface area contributed by atoms with Gasteiger partial charge in [0.25, 0.3) is 0 Å². The van der Waals surface area contributed by atoms with Crippen LogP contribution < -0.4 is 0 Å². The van der Waals surface area contributed by atoms with E-state index in [1.54, 1.807) is 0 Å². The molecule has 1 heterocycles. The van der Waals surface area contributed by atoms with Gasteiger partial charge in [-0.05, 0) is 12.5 Å². The van der Waals surface area contributed by atoms with E-state index in [4.69, 9.17) is 5.11 Å². The van der Waals surface area contributed by atoms with E-state index in [9.17, 15) is 4.79 Å². The Hall–Kier alpha value is -1.10. The third kappa shape index (κ3) is 5.19. The molecule has 0 aliphatic carbocycles. The van der Waals surface area contributed by atoms with Crippen LogP contribution in [0.2, 0.25) is 0 Å². The number of aliphatic carboxylic acids is 1. The molecule has 1 aromatic rings. The summed E-state index contributed by atoms with van der Waals surface area (Å²) in [4.78, 5) is 15.0. The minimum atomic E-state index is -0.734. The van der Waals surface area contributed by atoms with Crippen LogP contribution in [0.1, 0.15) is 11.1 Å². The minimum Gasteiger partial charge on any atom is -0.480 e. The van der Waals surface area contributed by atoms with Crippen molar-refractivity contribution in [3.05, 3.63) is 35.4 Å². The standard InChI is InChI=1S/C14H20N2O2.ClH/c1-12-3-2-4-13(9-12)10-15-5-7-16(8-6-15)11-14(17)18;/h2-4,9H,5-8,10-11H2,1H3,(H,17,18);1H. The van der Waals surface area contributed by atoms with Gasteiger partial charge in [0.05, 0.1) is 6.54 Å². The molecule has 2 rings (SSSR count). The molecule has 0 amide bonds. The van der Waals surface area contributed by atoms with Crippen molar-refractivity contribution in [1.29, 1.82) is 0 Å². The molecule has 1 aliphatic heterocycles. The first-order valence-corrected chi connectivity index (χ1v) is 6.35. The maximum atomic E-state index is 10.6. The smallest absolute Gasteiger partial charge is 0.317 e. The molecule has 1 saturated heterocycles. The van der Waals surface area contributed by atoms with Gasteiger partial charge in [0, 0.05) is 32.7 Å². The van der Waals surface area contributed by atoms with Crippen molar-refractivity contribution in [2.75, 3.05) is 32.7 Å². The molecule has 1 fully saturated rings. The predicted molar refractivity (Wildman–Crippen MR) is 77.8 cm³/mol. The van der Waals surface area contributed by atoms with Crippen LogP contribution in [0, 0.1) is 6.92 Å². The number of rotatable bonds is 4. The highest BCUT2D eigenvalue weighted by Crippen LogP contribution is 2.10. The second-order valence-corrected chi connectivity index (χ2v) is 4.94. The van der Waals surface area contributed by atoms with Crippen molar-refractivity contribution in [2.45, 2.75) is 13.5 Å². The van der Waals surface area contributed by atoms with Gasteiger partial charge in [-0.2, -0.15) is 0 Å². The summed E-state index contributed by atoms with van der Waals surface area (Å²) in [5.74, 6) is -0.734. The summed E-state index contributed by atoms with van der Waals surface area (Å²) < 4.78 is 0. The number of halogens is 1. The molecule has 4 nitrogen and oxygen atoms in total. The molecular weight excluding hydrogens is 264 g/mol. The van der Waals surface area contributed by atoms with E-state index in [-0.39, 0.29) is 19.0 Å². The highest BCUT2D eigenvalue weighted by atomic mass is 35.5. The van der Waals surface area contributed by atoms with Gasteiger partial charge in [-0.15, -0.1) is 12.4 Å². The molecule has 1 aliphatic rings. The Morgan fingerprint density at radius 1 is 1.21 bits per heavy atom. The van der Waals surface area contributed by atoms with Crippen LogP contribution in [0.4, 0.5) is 0 Å². The van der Waals surface area contributed by atoms with Crippen molar-refractivity contribution in [1.82, 2.24) is 9.80 Å². The van der Waals surface area contributed by atoms with Gasteiger partial charge in [0.1, 0.15) is 0 Å². The van der Waals surface area contributed by atoms with Crippen LogP contribution in [0.3, 0.4) is 0 Å². The fourth-order valence-electron chi connectivity index (χ4n) is 2.37. The van der Waals surface area contributed by atoms with Crippen LogP contribution in [0.5, 0.6) is 0 Å². The van der Waals surface area contributed by atoms with E-state index in [0.717, 1.165) is 32.7 Å². The number of nitrogens with zero attached hydrogens (tertiary/aromatic N) is 2. The Bertz CT molecular complexity index is 418. The first kappa shape index (κ1) is 16.0. The molecular formula is C14H21ClN2O2. The van der Waals surface area contributed by atoms with Crippen LogP contribution in [-0.4, -0.2) is 53.6 Å². The number of carboxylic acid groups (broad SMARTS) is 1. The summed E-state index contributed by atoms with van der Waals surface area (Å²) in [5, 5.41) is 8.74. The molecule has 0 atom stereocenters. The molecule has 0 radical (unpaired) electrons. The van der Waals surface area contributed by atoms with Gasteiger partial charge < -0.3 is 5.11 Å². The van der Waals surface area contributed by atoms with Gasteiger partial charge in [0.15, 0.2) is 0 Å². The average Bonchev–Trinajstić information content (AvgIpc) is 2.31. The third-order valence-corrected chi connectivity index (χ3v) is 3.31. The molecule has 0 aromatic heterocycles. The zero-order chi connectivity index (χ0) is 13.0. The first-order valence-electron chi connectivity index (χ1n) is 6.35. The fourth-order valence-corrected chi connectivity index (χ4v) is 2.37. The molecule has 0 spiro atoms. The molecule has 19 heavy (non-hydrogen) atoms. The summed E-state index contributed by atoms with van der Waals surface area (Å²) in [5.41, 5.74) is 2.62. The maximum Gasteiger partial charge on any atom is 0.317 e. The van der Waals surface area contributed by atoms with Crippen molar-refractivity contribution < 1.29 is 9.90 Å². The van der Waals surface area contributed by atoms with Crippen molar-refractivity contribution in [3.63, 3.8) is 0 Å². The van der Waals surface area contributed by atoms with E-state index < -0.39 is 5.97 Å². The molecule has 0 bridgehead atoms. The van der Waals surface area contributed by atoms with Crippen LogP contribution in [0.15, 0.2) is 24.3 Å². The summed E-state index contributed by atoms with van der Waals surface area (Å²) >= 11 is 0. The number of benzene rings is 1. The molecule has 0 saturated carbocycles. The van der Waals surface area contributed by atoms with E-state index in [0.29, 0.717) is 0 Å². The lowest BCUT2D eigenvalue weighted by molar-refractivity contribution is -0.138. The van der Waals surface area contributed by atoms with Gasteiger partial charge in [0.2, 0.25) is 0 Å². The molecule has 1 aromatic carbocycles. The van der Waals surface area contributed by atoms with Gasteiger partial charge in [-0.1, -0.05) is 29.8 Å². The van der Waals surface area contributed by atoms with Crippen LogP contribution >= 0.6 is 12.4 Å². The molecule has 0 unspecified atom stereocenters. The highest BCUT2D eigenvalue weighted by Gasteiger charge is 2.18. The zero-order valence-electron chi connectivity index (χ0n) is 11.2. The van der Waals surface area contributed by atoms with Crippen molar-refractivity contribution >= 4 is 18.4 Å². The number of hydrogen-bond acceptors (Lipinski definition) is 3. The van der Waals surface area contributed by atoms with E-state index in [1.807, 2.05) is 4.90 Å². The van der Waals surface area contributed by atoms with Crippen molar-refractivity contribution in [3.8, 4) is 0 Å². The maximum absolute atomic E-state index is 10.6. The normalized spacial score (nSPS) is 16.9. The van der Waals surface area contributed by atoms with Crippen LogP contribution in [0.25, 0.3) is 0 Å². The Kier molecular flexibility index (Phi) is 6.28. The van der Waals surface area contributed by atoms with Gasteiger partial charge >= 0.3 is 5.97 Å². The highest BCUT2D eigenvalue weighted by molar-refractivity contribution is 5.85. The first-order chi connectivity index (χ1) is 8.63. The van der Waals surface area contributed by atoms with Crippen molar-refractivity contribution in [2.24, 2.45) is 0 Å². The van der Waals surface area contributed by atoms with Gasteiger partial charge in [-0.3, -0.25) is 14.6 Å². The quantitative estimate of drug-likeness (QED) is 0.912. The SMILES string of the molecule is Cc1cccc(CN2CCN(CC(=O)O)CC2)c1.Cl. The summed E-state index contributed by atoms with van der Waals surface area (Å²) in [6.07, 6.45) is 0. The van der Waals surface area contributed by atoms with Gasteiger partial charge in [-0.25, -0.2) is 0 Å². The van der Waals surface area contributed by atoms with E-state index in [1.165, 1.54) is 11.1 Å². The molecule has 1 N–H and O–H groups in total. The molecule has 106 valence electrons. The zero-order valence-corrected chi connectivity index (χ0v) is 12.0. The number of aryl methyl sites for hydroxylation is 1. The topological polar surface area (TPSA) is 43.8 Å². The second kappa shape index (κ2) is 7.48. The Balaban J connectivity index is 0.00000180. The lowest BCUT2D eigenvalue weighted by atomic mass is 10.1. The Morgan fingerprint density at radius 3 is 2.42 bits per heavy atom. The second-order valence-electron chi connectivity index (χ2n) is 4.94. The monoisotopic (exact) mass is 284 g/mol. The Labute approximate surface area is 120 Å². The predicted octanol–water partition coefficient (Wildman–Crippen LogP) is 1.62. The third-order valence-electron chi connectivity index (χ3n) is 3.31. The molecule has 5 heteroatoms. The number of carbonyl (C=O) groups is 1. The Morgan fingerprint density at radius 2 is 1.84 bits per heavy atom. The number of piperazine rings is 1. The summed E-state index contributed by atoms with van der Waals surface area (Å²) in [6, 6.07) is 8.56. The van der Waals surface area contributed by atoms with E-state index in [2.05, 4.69) is 36.1 Å². The lowest BCUT2D eigenvalue weighted by Gasteiger charge is -2.33. The number of carboxylic acids is 1. The average molecular weight is 285 g/mol. The summed E-state index contributed by atoms with van der Waals surface area (Å²) in [6.45, 7) is 6.81. The summed E-state index contributed by atoms with van der Waals surface area (Å²) in [7, 11) is 0. The number of hydrogen-bond donors (Lipinski definition) is 1.